The highest BCUT2D eigenvalue weighted by molar-refractivity contribution is 7.08. The summed E-state index contributed by atoms with van der Waals surface area (Å²) >= 11 is 1.72. The smallest absolute Gasteiger partial charge is 0.00146 e. The Morgan fingerprint density at radius 2 is 1.92 bits per heavy atom. The monoisotopic (exact) mass is 173 g/mol. The Balaban J connectivity index is 2.55. The summed E-state index contributed by atoms with van der Waals surface area (Å²) in [6.45, 7) is 3.98. The fourth-order valence-electron chi connectivity index (χ4n) is 1.22. The maximum absolute atomic E-state index is 3.98. The average molecular weight is 173 g/mol. The first-order chi connectivity index (χ1) is 5.88. The van der Waals surface area contributed by atoms with Crippen LogP contribution in [0.4, 0.5) is 0 Å². The van der Waals surface area contributed by atoms with Crippen LogP contribution in [0.25, 0.3) is 11.1 Å². The SMILES string of the molecule is [CH2]c1ccccc1-c1ccsc1. The van der Waals surface area contributed by atoms with Crippen LogP contribution in [-0.4, -0.2) is 0 Å². The summed E-state index contributed by atoms with van der Waals surface area (Å²) < 4.78 is 0. The predicted octanol–water partition coefficient (Wildman–Crippen LogP) is 3.60. The molecule has 0 N–H and O–H groups in total. The molecule has 12 heavy (non-hydrogen) atoms. The van der Waals surface area contributed by atoms with Gasteiger partial charge < -0.3 is 0 Å². The minimum absolute atomic E-state index is 1.09. The zero-order valence-electron chi connectivity index (χ0n) is 6.66. The van der Waals surface area contributed by atoms with Gasteiger partial charge in [-0.15, -0.1) is 0 Å². The van der Waals surface area contributed by atoms with Gasteiger partial charge in [0.15, 0.2) is 0 Å². The maximum atomic E-state index is 3.98. The molecule has 2 aromatic rings. The number of hydrogen-bond donors (Lipinski definition) is 0. The molecule has 0 aliphatic heterocycles. The van der Waals surface area contributed by atoms with Crippen molar-refractivity contribution >= 4 is 11.3 Å². The molecule has 1 radical (unpaired) electrons. The summed E-state index contributed by atoms with van der Waals surface area (Å²) in [4.78, 5) is 0. The Kier molecular flexibility index (Phi) is 1.96. The number of benzene rings is 1. The predicted molar refractivity (Wildman–Crippen MR) is 54.2 cm³/mol. The molecule has 0 nitrogen and oxygen atoms in total. The van der Waals surface area contributed by atoms with E-state index in [1.54, 1.807) is 11.3 Å². The van der Waals surface area contributed by atoms with Gasteiger partial charge in [-0.05, 0) is 40.4 Å². The van der Waals surface area contributed by atoms with Crippen LogP contribution in [0, 0.1) is 6.92 Å². The fraction of sp³-hybridized carbons (Fsp3) is 0. The molecule has 1 heteroatoms. The number of thiophene rings is 1. The Hall–Kier alpha value is -1.08. The van der Waals surface area contributed by atoms with Gasteiger partial charge in [-0.2, -0.15) is 11.3 Å². The Morgan fingerprint density at radius 1 is 1.08 bits per heavy atom. The summed E-state index contributed by atoms with van der Waals surface area (Å²) in [5.74, 6) is 0. The minimum atomic E-state index is 1.09. The van der Waals surface area contributed by atoms with Crippen LogP contribution in [0.5, 0.6) is 0 Å². The molecule has 0 saturated heterocycles. The molecule has 59 valence electrons. The van der Waals surface area contributed by atoms with E-state index in [0.717, 1.165) is 5.56 Å². The molecule has 0 spiro atoms. The fourth-order valence-corrected chi connectivity index (χ4v) is 1.88. The standard InChI is InChI=1S/C11H9S/c1-9-4-2-3-5-11(9)10-6-7-12-8-10/h2-8H,1H2. The van der Waals surface area contributed by atoms with Gasteiger partial charge in [-0.25, -0.2) is 0 Å². The molecule has 0 amide bonds. The van der Waals surface area contributed by atoms with Crippen molar-refractivity contribution in [2.45, 2.75) is 0 Å². The first-order valence-electron chi connectivity index (χ1n) is 3.81. The van der Waals surface area contributed by atoms with E-state index >= 15 is 0 Å². The first kappa shape index (κ1) is 7.56. The van der Waals surface area contributed by atoms with Crippen LogP contribution in [0.3, 0.4) is 0 Å². The van der Waals surface area contributed by atoms with E-state index in [9.17, 15) is 0 Å². The van der Waals surface area contributed by atoms with Crippen LogP contribution in [0.1, 0.15) is 5.56 Å². The third-order valence-corrected chi connectivity index (χ3v) is 2.53. The lowest BCUT2D eigenvalue weighted by Gasteiger charge is -2.00. The van der Waals surface area contributed by atoms with Crippen molar-refractivity contribution in [1.29, 1.82) is 0 Å². The van der Waals surface area contributed by atoms with Crippen molar-refractivity contribution in [1.82, 2.24) is 0 Å². The van der Waals surface area contributed by atoms with Crippen LogP contribution in [-0.2, 0) is 0 Å². The largest absolute Gasteiger partial charge is 0.152 e. The molecule has 0 unspecified atom stereocenters. The second-order valence-electron chi connectivity index (χ2n) is 2.67. The maximum Gasteiger partial charge on any atom is -0.00146 e. The van der Waals surface area contributed by atoms with E-state index in [1.807, 2.05) is 18.2 Å². The molecule has 0 atom stereocenters. The number of rotatable bonds is 1. The van der Waals surface area contributed by atoms with Crippen LogP contribution in [0.2, 0.25) is 0 Å². The Labute approximate surface area is 76.5 Å². The van der Waals surface area contributed by atoms with Crippen molar-refractivity contribution in [2.24, 2.45) is 0 Å². The minimum Gasteiger partial charge on any atom is -0.152 e. The van der Waals surface area contributed by atoms with Gasteiger partial charge in [-0.1, -0.05) is 24.3 Å². The molecule has 1 heterocycles. The summed E-state index contributed by atoms with van der Waals surface area (Å²) in [5.41, 5.74) is 3.60. The molecule has 0 aliphatic carbocycles. The molecule has 0 aliphatic rings. The number of hydrogen-bond acceptors (Lipinski definition) is 1. The van der Waals surface area contributed by atoms with Crippen LogP contribution >= 0.6 is 11.3 Å². The highest BCUT2D eigenvalue weighted by atomic mass is 32.1. The van der Waals surface area contributed by atoms with Crippen molar-refractivity contribution < 1.29 is 0 Å². The third kappa shape index (κ3) is 1.28. The first-order valence-corrected chi connectivity index (χ1v) is 4.76. The summed E-state index contributed by atoms with van der Waals surface area (Å²) in [6, 6.07) is 10.3. The van der Waals surface area contributed by atoms with Crippen LogP contribution in [0.15, 0.2) is 41.1 Å². The summed E-state index contributed by atoms with van der Waals surface area (Å²) in [5, 5.41) is 4.23. The third-order valence-electron chi connectivity index (χ3n) is 1.85. The zero-order chi connectivity index (χ0) is 8.39. The lowest BCUT2D eigenvalue weighted by atomic mass is 10.0. The van der Waals surface area contributed by atoms with Crippen molar-refractivity contribution in [3.63, 3.8) is 0 Å². The van der Waals surface area contributed by atoms with Crippen molar-refractivity contribution in [3.05, 3.63) is 53.6 Å². The van der Waals surface area contributed by atoms with E-state index < -0.39 is 0 Å². The Bertz CT molecular complexity index is 360. The molecule has 0 bridgehead atoms. The van der Waals surface area contributed by atoms with Gasteiger partial charge in [-0.3, -0.25) is 0 Å². The molecule has 1 aromatic heterocycles. The average Bonchev–Trinajstić information content (AvgIpc) is 2.57. The molecular weight excluding hydrogens is 164 g/mol. The molecular formula is C11H9S. The molecule has 0 saturated carbocycles. The van der Waals surface area contributed by atoms with E-state index in [0.29, 0.717) is 0 Å². The van der Waals surface area contributed by atoms with Crippen molar-refractivity contribution in [2.75, 3.05) is 0 Å². The highest BCUT2D eigenvalue weighted by Gasteiger charge is 1.99. The second kappa shape index (κ2) is 3.11. The van der Waals surface area contributed by atoms with Gasteiger partial charge in [0.1, 0.15) is 0 Å². The van der Waals surface area contributed by atoms with Gasteiger partial charge in [0.2, 0.25) is 0 Å². The Morgan fingerprint density at radius 3 is 2.58 bits per heavy atom. The summed E-state index contributed by atoms with van der Waals surface area (Å²) in [7, 11) is 0. The lowest BCUT2D eigenvalue weighted by Crippen LogP contribution is -1.78. The van der Waals surface area contributed by atoms with Gasteiger partial charge in [0.25, 0.3) is 0 Å². The van der Waals surface area contributed by atoms with E-state index in [1.165, 1.54) is 11.1 Å². The summed E-state index contributed by atoms with van der Waals surface area (Å²) in [6.07, 6.45) is 0. The second-order valence-corrected chi connectivity index (χ2v) is 3.45. The quantitative estimate of drug-likeness (QED) is 0.618. The molecule has 2 rings (SSSR count). The van der Waals surface area contributed by atoms with Gasteiger partial charge in [0, 0.05) is 0 Å². The normalized spacial score (nSPS) is 10.1. The van der Waals surface area contributed by atoms with Gasteiger partial charge in [0.05, 0.1) is 0 Å². The topological polar surface area (TPSA) is 0 Å². The highest BCUT2D eigenvalue weighted by Crippen LogP contribution is 2.24. The van der Waals surface area contributed by atoms with E-state index in [2.05, 4.69) is 29.8 Å². The van der Waals surface area contributed by atoms with E-state index in [4.69, 9.17) is 0 Å². The zero-order valence-corrected chi connectivity index (χ0v) is 7.47. The van der Waals surface area contributed by atoms with E-state index in [-0.39, 0.29) is 0 Å². The lowest BCUT2D eigenvalue weighted by molar-refractivity contribution is 1.59. The molecule has 1 aromatic carbocycles. The van der Waals surface area contributed by atoms with Crippen molar-refractivity contribution in [3.8, 4) is 11.1 Å². The van der Waals surface area contributed by atoms with Gasteiger partial charge >= 0.3 is 0 Å². The van der Waals surface area contributed by atoms with Crippen LogP contribution < -0.4 is 0 Å². The molecule has 0 fully saturated rings.